The molecule has 1 atom stereocenters. The number of nitrogens with zero attached hydrogens (tertiary/aromatic N) is 1. The van der Waals surface area contributed by atoms with E-state index in [1.54, 1.807) is 23.1 Å². The van der Waals surface area contributed by atoms with Gasteiger partial charge in [0.1, 0.15) is 0 Å². The van der Waals surface area contributed by atoms with Crippen molar-refractivity contribution in [3.05, 3.63) is 76.2 Å². The van der Waals surface area contributed by atoms with Crippen molar-refractivity contribution in [2.24, 2.45) is 0 Å². The van der Waals surface area contributed by atoms with Gasteiger partial charge in [0, 0.05) is 24.7 Å². The molecule has 2 aromatic rings. The highest BCUT2D eigenvalue weighted by atomic mass is 32.2. The number of fused-ring (bicyclic) bond motifs is 1. The molecule has 4 rings (SSSR count). The smallest absolute Gasteiger partial charge is 0.253 e. The van der Waals surface area contributed by atoms with E-state index >= 15 is 0 Å². The number of aryl methyl sites for hydroxylation is 1. The van der Waals surface area contributed by atoms with Gasteiger partial charge in [-0.3, -0.25) is 4.79 Å². The SMILES string of the molecule is O=C(c1ccccc1)N1CCCC(NS(=O)(=O)C2=Cc3ccccc3CC2)C1. The minimum absolute atomic E-state index is 0.0460. The number of rotatable bonds is 4. The number of hydrogen-bond acceptors (Lipinski definition) is 3. The van der Waals surface area contributed by atoms with Gasteiger partial charge in [-0.15, -0.1) is 0 Å². The predicted molar refractivity (Wildman–Crippen MR) is 110 cm³/mol. The molecule has 1 unspecified atom stereocenters. The first-order valence-corrected chi connectivity index (χ1v) is 11.2. The van der Waals surface area contributed by atoms with Gasteiger partial charge in [-0.05, 0) is 55.0 Å². The van der Waals surface area contributed by atoms with Crippen LogP contribution in [0.25, 0.3) is 6.08 Å². The zero-order valence-electron chi connectivity index (χ0n) is 15.7. The van der Waals surface area contributed by atoms with Crippen molar-refractivity contribution in [1.82, 2.24) is 9.62 Å². The molecule has 0 aromatic heterocycles. The summed E-state index contributed by atoms with van der Waals surface area (Å²) in [6.07, 6.45) is 4.53. The van der Waals surface area contributed by atoms with E-state index in [0.29, 0.717) is 30.0 Å². The van der Waals surface area contributed by atoms with Gasteiger partial charge in [-0.1, -0.05) is 42.5 Å². The van der Waals surface area contributed by atoms with Gasteiger partial charge in [-0.25, -0.2) is 13.1 Å². The first kappa shape index (κ1) is 18.9. The van der Waals surface area contributed by atoms with Crippen molar-refractivity contribution >= 4 is 22.0 Å². The third-order valence-electron chi connectivity index (χ3n) is 5.41. The van der Waals surface area contributed by atoms with Gasteiger partial charge in [0.05, 0.1) is 4.91 Å². The molecule has 1 amide bonds. The Labute approximate surface area is 166 Å². The zero-order valence-corrected chi connectivity index (χ0v) is 16.5. The lowest BCUT2D eigenvalue weighted by Crippen LogP contribution is -2.49. The second kappa shape index (κ2) is 7.89. The summed E-state index contributed by atoms with van der Waals surface area (Å²) in [4.78, 5) is 14.9. The van der Waals surface area contributed by atoms with Crippen molar-refractivity contribution in [2.75, 3.05) is 13.1 Å². The van der Waals surface area contributed by atoms with Crippen LogP contribution in [-0.2, 0) is 16.4 Å². The molecule has 146 valence electrons. The average molecular weight is 397 g/mol. The topological polar surface area (TPSA) is 66.5 Å². The van der Waals surface area contributed by atoms with E-state index in [4.69, 9.17) is 0 Å². The van der Waals surface area contributed by atoms with Crippen LogP contribution < -0.4 is 4.72 Å². The Morgan fingerprint density at radius 1 is 1.00 bits per heavy atom. The average Bonchev–Trinajstić information content (AvgIpc) is 2.73. The Hall–Kier alpha value is -2.44. The largest absolute Gasteiger partial charge is 0.337 e. The Morgan fingerprint density at radius 2 is 1.75 bits per heavy atom. The van der Waals surface area contributed by atoms with Gasteiger partial charge < -0.3 is 4.90 Å². The second-order valence-electron chi connectivity index (χ2n) is 7.39. The highest BCUT2D eigenvalue weighted by molar-refractivity contribution is 7.93. The Morgan fingerprint density at radius 3 is 2.57 bits per heavy atom. The number of likely N-dealkylation sites (tertiary alicyclic amines) is 1. The normalized spacial score (nSPS) is 19.6. The third-order valence-corrected chi connectivity index (χ3v) is 7.06. The van der Waals surface area contributed by atoms with Gasteiger partial charge in [0.25, 0.3) is 5.91 Å². The van der Waals surface area contributed by atoms with Crippen LogP contribution >= 0.6 is 0 Å². The van der Waals surface area contributed by atoms with Gasteiger partial charge in [-0.2, -0.15) is 0 Å². The van der Waals surface area contributed by atoms with E-state index < -0.39 is 10.0 Å². The van der Waals surface area contributed by atoms with E-state index in [9.17, 15) is 13.2 Å². The number of piperidine rings is 1. The lowest BCUT2D eigenvalue weighted by atomic mass is 9.98. The molecular weight excluding hydrogens is 372 g/mol. The summed E-state index contributed by atoms with van der Waals surface area (Å²) in [6, 6.07) is 16.8. The molecule has 1 saturated heterocycles. The summed E-state index contributed by atoms with van der Waals surface area (Å²) in [5, 5.41) is 0. The standard InChI is InChI=1S/C22H24N2O3S/c25-22(18-8-2-1-3-9-18)24-14-6-11-20(16-24)23-28(26,27)21-13-12-17-7-4-5-10-19(17)15-21/h1-5,7-10,15,20,23H,6,11-14,16H2. The van der Waals surface area contributed by atoms with Crippen LogP contribution in [0.2, 0.25) is 0 Å². The van der Waals surface area contributed by atoms with E-state index in [0.717, 1.165) is 24.8 Å². The molecule has 0 radical (unpaired) electrons. The summed E-state index contributed by atoms with van der Waals surface area (Å²) in [7, 11) is -3.57. The molecule has 1 fully saturated rings. The maximum Gasteiger partial charge on any atom is 0.253 e. The number of carbonyl (C=O) groups is 1. The Bertz CT molecular complexity index is 999. The number of sulfonamides is 1. The maximum absolute atomic E-state index is 12.9. The Kier molecular flexibility index (Phi) is 5.33. The molecule has 1 aliphatic heterocycles. The number of amides is 1. The van der Waals surface area contributed by atoms with E-state index in [1.165, 1.54) is 5.56 Å². The van der Waals surface area contributed by atoms with E-state index in [2.05, 4.69) is 4.72 Å². The highest BCUT2D eigenvalue weighted by Gasteiger charge is 2.29. The number of allylic oxidation sites excluding steroid dienone is 1. The van der Waals surface area contributed by atoms with Crippen LogP contribution in [0.1, 0.15) is 40.7 Å². The van der Waals surface area contributed by atoms with Crippen molar-refractivity contribution in [2.45, 2.75) is 31.7 Å². The first-order valence-electron chi connectivity index (χ1n) is 9.68. The predicted octanol–water partition coefficient (Wildman–Crippen LogP) is 3.20. The molecule has 1 N–H and O–H groups in total. The van der Waals surface area contributed by atoms with Crippen LogP contribution in [0.4, 0.5) is 0 Å². The molecule has 28 heavy (non-hydrogen) atoms. The molecule has 5 nitrogen and oxygen atoms in total. The molecule has 1 aliphatic carbocycles. The van der Waals surface area contributed by atoms with Gasteiger partial charge in [0.2, 0.25) is 10.0 Å². The first-order chi connectivity index (χ1) is 13.5. The monoisotopic (exact) mass is 396 g/mol. The molecule has 2 aromatic carbocycles. The maximum atomic E-state index is 12.9. The van der Waals surface area contributed by atoms with Crippen molar-refractivity contribution < 1.29 is 13.2 Å². The fraction of sp³-hybridized carbons (Fsp3) is 0.318. The minimum Gasteiger partial charge on any atom is -0.337 e. The molecule has 0 bridgehead atoms. The Balaban J connectivity index is 1.46. The zero-order chi connectivity index (χ0) is 19.6. The molecule has 0 saturated carbocycles. The van der Waals surface area contributed by atoms with E-state index in [1.807, 2.05) is 42.5 Å². The number of carbonyl (C=O) groups excluding carboxylic acids is 1. The van der Waals surface area contributed by atoms with Gasteiger partial charge in [0.15, 0.2) is 0 Å². The highest BCUT2D eigenvalue weighted by Crippen LogP contribution is 2.27. The van der Waals surface area contributed by atoms with Crippen molar-refractivity contribution in [3.8, 4) is 0 Å². The van der Waals surface area contributed by atoms with Crippen LogP contribution in [0.5, 0.6) is 0 Å². The van der Waals surface area contributed by atoms with Crippen molar-refractivity contribution in [3.63, 3.8) is 0 Å². The van der Waals surface area contributed by atoms with Crippen LogP contribution in [-0.4, -0.2) is 38.4 Å². The summed E-state index contributed by atoms with van der Waals surface area (Å²) in [5.41, 5.74) is 2.79. The van der Waals surface area contributed by atoms with Crippen LogP contribution in [0.3, 0.4) is 0 Å². The number of hydrogen-bond donors (Lipinski definition) is 1. The lowest BCUT2D eigenvalue weighted by Gasteiger charge is -2.33. The summed E-state index contributed by atoms with van der Waals surface area (Å²) >= 11 is 0. The summed E-state index contributed by atoms with van der Waals surface area (Å²) in [6.45, 7) is 1.05. The molecule has 0 spiro atoms. The fourth-order valence-electron chi connectivity index (χ4n) is 3.93. The van der Waals surface area contributed by atoms with Crippen LogP contribution in [0, 0.1) is 0 Å². The summed E-state index contributed by atoms with van der Waals surface area (Å²) < 4.78 is 28.7. The van der Waals surface area contributed by atoms with Crippen molar-refractivity contribution in [1.29, 1.82) is 0 Å². The lowest BCUT2D eigenvalue weighted by molar-refractivity contribution is 0.0703. The fourth-order valence-corrected chi connectivity index (χ4v) is 5.37. The van der Waals surface area contributed by atoms with Gasteiger partial charge >= 0.3 is 0 Å². The minimum atomic E-state index is -3.57. The third kappa shape index (κ3) is 4.03. The summed E-state index contributed by atoms with van der Waals surface area (Å²) in [5.74, 6) is -0.0460. The number of benzene rings is 2. The van der Waals surface area contributed by atoms with E-state index in [-0.39, 0.29) is 11.9 Å². The second-order valence-corrected chi connectivity index (χ2v) is 9.15. The molecular formula is C22H24N2O3S. The molecule has 6 heteroatoms. The molecule has 1 heterocycles. The molecule has 2 aliphatic rings. The number of nitrogens with one attached hydrogen (secondary N) is 1. The quantitative estimate of drug-likeness (QED) is 0.863. The van der Waals surface area contributed by atoms with Crippen LogP contribution in [0.15, 0.2) is 59.5 Å².